The van der Waals surface area contributed by atoms with Gasteiger partial charge in [-0.3, -0.25) is 4.90 Å². The Morgan fingerprint density at radius 1 is 1.35 bits per heavy atom. The summed E-state index contributed by atoms with van der Waals surface area (Å²) in [7, 11) is 4.13. The predicted octanol–water partition coefficient (Wildman–Crippen LogP) is 2.11. The Morgan fingerprint density at radius 3 is 2.70 bits per heavy atom. The molecule has 0 radical (unpaired) electrons. The number of nitrogens with two attached hydrogens (primary N) is 1. The first-order chi connectivity index (χ1) is 9.67. The van der Waals surface area contributed by atoms with Crippen LogP contribution in [0.15, 0.2) is 36.7 Å². The topological polar surface area (TPSA) is 47.1 Å². The molecule has 2 aromatic rings. The molecule has 0 spiro atoms. The minimum atomic E-state index is 0.225. The number of rotatable bonds is 6. The molecule has 2 rings (SSSR count). The second-order valence-electron chi connectivity index (χ2n) is 5.17. The lowest BCUT2D eigenvalue weighted by molar-refractivity contribution is 0.233. The molecule has 4 nitrogen and oxygen atoms in total. The van der Waals surface area contributed by atoms with E-state index >= 15 is 0 Å². The fourth-order valence-corrected chi connectivity index (χ4v) is 2.61. The third-order valence-corrected chi connectivity index (χ3v) is 3.86. The van der Waals surface area contributed by atoms with Crippen LogP contribution in [0, 0.1) is 0 Å². The van der Waals surface area contributed by atoms with Crippen LogP contribution >= 0.6 is 0 Å². The van der Waals surface area contributed by atoms with Gasteiger partial charge >= 0.3 is 0 Å². The zero-order valence-electron chi connectivity index (χ0n) is 12.6. The van der Waals surface area contributed by atoms with Crippen molar-refractivity contribution in [3.8, 4) is 0 Å². The van der Waals surface area contributed by atoms with Crippen LogP contribution in [0.2, 0.25) is 0 Å². The van der Waals surface area contributed by atoms with Gasteiger partial charge in [0, 0.05) is 32.0 Å². The van der Waals surface area contributed by atoms with Crippen molar-refractivity contribution in [3.05, 3.63) is 53.6 Å². The Morgan fingerprint density at radius 2 is 2.10 bits per heavy atom. The first-order valence-electron chi connectivity index (χ1n) is 7.11. The maximum Gasteiger partial charge on any atom is 0.122 e. The number of aryl methyl sites for hydroxylation is 2. The number of hydrogen-bond acceptors (Lipinski definition) is 3. The summed E-state index contributed by atoms with van der Waals surface area (Å²) in [5.41, 5.74) is 8.73. The Balaban J connectivity index is 2.21. The molecule has 1 aromatic heterocycles. The molecule has 4 heteroatoms. The number of imidazole rings is 1. The minimum Gasteiger partial charge on any atom is -0.337 e. The zero-order valence-corrected chi connectivity index (χ0v) is 12.6. The van der Waals surface area contributed by atoms with Gasteiger partial charge in [-0.15, -0.1) is 0 Å². The number of hydrogen-bond donors (Lipinski definition) is 1. The van der Waals surface area contributed by atoms with Crippen molar-refractivity contribution < 1.29 is 0 Å². The normalized spacial score (nSPS) is 12.8. The monoisotopic (exact) mass is 272 g/mol. The van der Waals surface area contributed by atoms with E-state index in [9.17, 15) is 0 Å². The van der Waals surface area contributed by atoms with Gasteiger partial charge in [-0.1, -0.05) is 31.2 Å². The number of likely N-dealkylation sites (N-methyl/N-ethyl adjacent to an activating group) is 1. The van der Waals surface area contributed by atoms with Gasteiger partial charge in [0.2, 0.25) is 0 Å². The molecule has 0 fully saturated rings. The van der Waals surface area contributed by atoms with Crippen LogP contribution in [0.3, 0.4) is 0 Å². The van der Waals surface area contributed by atoms with E-state index in [0.717, 1.165) is 18.8 Å². The Kier molecular flexibility index (Phi) is 4.93. The molecule has 1 aromatic carbocycles. The second kappa shape index (κ2) is 6.68. The molecule has 108 valence electrons. The van der Waals surface area contributed by atoms with Gasteiger partial charge in [0.05, 0.1) is 6.54 Å². The Hall–Kier alpha value is -1.65. The fourth-order valence-electron chi connectivity index (χ4n) is 2.61. The number of aromatic nitrogens is 2. The zero-order chi connectivity index (χ0) is 14.5. The molecule has 20 heavy (non-hydrogen) atoms. The lowest BCUT2D eigenvalue weighted by Gasteiger charge is -2.28. The highest BCUT2D eigenvalue weighted by atomic mass is 15.2. The highest BCUT2D eigenvalue weighted by molar-refractivity contribution is 5.30. The first kappa shape index (κ1) is 14.8. The molecule has 0 amide bonds. The largest absolute Gasteiger partial charge is 0.337 e. The van der Waals surface area contributed by atoms with Crippen LogP contribution in [-0.2, 0) is 20.0 Å². The van der Waals surface area contributed by atoms with Crippen LogP contribution < -0.4 is 5.73 Å². The van der Waals surface area contributed by atoms with Crippen molar-refractivity contribution in [1.29, 1.82) is 0 Å². The van der Waals surface area contributed by atoms with E-state index < -0.39 is 0 Å². The lowest BCUT2D eigenvalue weighted by atomic mass is 9.97. The van der Waals surface area contributed by atoms with E-state index in [1.165, 1.54) is 11.1 Å². The summed E-state index contributed by atoms with van der Waals surface area (Å²) < 4.78 is 2.05. The first-order valence-corrected chi connectivity index (χ1v) is 7.11. The smallest absolute Gasteiger partial charge is 0.122 e. The summed E-state index contributed by atoms with van der Waals surface area (Å²) in [6.45, 7) is 3.59. The summed E-state index contributed by atoms with van der Waals surface area (Å²) in [6, 6.07) is 8.78. The minimum absolute atomic E-state index is 0.225. The van der Waals surface area contributed by atoms with E-state index in [2.05, 4.69) is 52.7 Å². The molecule has 0 aliphatic heterocycles. The van der Waals surface area contributed by atoms with Crippen molar-refractivity contribution in [2.45, 2.75) is 25.9 Å². The molecule has 1 atom stereocenters. The van der Waals surface area contributed by atoms with Crippen molar-refractivity contribution >= 4 is 0 Å². The predicted molar refractivity (Wildman–Crippen MR) is 82.3 cm³/mol. The Bertz CT molecular complexity index is 547. The second-order valence-corrected chi connectivity index (χ2v) is 5.17. The van der Waals surface area contributed by atoms with Crippen LogP contribution in [0.4, 0.5) is 0 Å². The van der Waals surface area contributed by atoms with E-state index in [0.29, 0.717) is 6.54 Å². The average Bonchev–Trinajstić information content (AvgIpc) is 2.85. The third-order valence-electron chi connectivity index (χ3n) is 3.86. The maximum atomic E-state index is 6.03. The van der Waals surface area contributed by atoms with Crippen LogP contribution in [0.5, 0.6) is 0 Å². The van der Waals surface area contributed by atoms with Crippen molar-refractivity contribution in [3.63, 3.8) is 0 Å². The fraction of sp³-hybridized carbons (Fsp3) is 0.438. The van der Waals surface area contributed by atoms with Gasteiger partial charge in [-0.25, -0.2) is 4.98 Å². The van der Waals surface area contributed by atoms with Gasteiger partial charge < -0.3 is 10.3 Å². The van der Waals surface area contributed by atoms with Gasteiger partial charge in [-0.2, -0.15) is 0 Å². The summed E-state index contributed by atoms with van der Waals surface area (Å²) in [5, 5.41) is 0. The summed E-state index contributed by atoms with van der Waals surface area (Å²) in [5.74, 6) is 1.06. The van der Waals surface area contributed by atoms with E-state index in [1.54, 1.807) is 0 Å². The molecular formula is C16H24N4. The van der Waals surface area contributed by atoms with Gasteiger partial charge in [0.1, 0.15) is 5.82 Å². The molecule has 0 saturated heterocycles. The molecule has 0 bridgehead atoms. The van der Waals surface area contributed by atoms with E-state index in [1.807, 2.05) is 19.4 Å². The summed E-state index contributed by atoms with van der Waals surface area (Å²) in [4.78, 5) is 6.66. The van der Waals surface area contributed by atoms with Gasteiger partial charge in [-0.05, 0) is 24.6 Å². The Labute approximate surface area is 121 Å². The molecular weight excluding hydrogens is 248 g/mol. The molecule has 0 saturated carbocycles. The third kappa shape index (κ3) is 3.08. The molecule has 0 aliphatic rings. The molecule has 2 N–H and O–H groups in total. The van der Waals surface area contributed by atoms with Crippen LogP contribution in [-0.4, -0.2) is 28.0 Å². The van der Waals surface area contributed by atoms with Crippen molar-refractivity contribution in [1.82, 2.24) is 14.5 Å². The quantitative estimate of drug-likeness (QED) is 0.876. The standard InChI is InChI=1S/C16H24N4/c1-4-13-7-5-6-8-14(13)15(11-17)20(3)12-16-18-9-10-19(16)2/h5-10,15H,4,11-12,17H2,1-3H3. The van der Waals surface area contributed by atoms with E-state index in [4.69, 9.17) is 5.73 Å². The number of nitrogens with zero attached hydrogens (tertiary/aromatic N) is 3. The average molecular weight is 272 g/mol. The number of benzene rings is 1. The van der Waals surface area contributed by atoms with Crippen molar-refractivity contribution in [2.75, 3.05) is 13.6 Å². The van der Waals surface area contributed by atoms with Crippen molar-refractivity contribution in [2.24, 2.45) is 12.8 Å². The lowest BCUT2D eigenvalue weighted by Crippen LogP contribution is -2.31. The summed E-state index contributed by atoms with van der Waals surface area (Å²) in [6.07, 6.45) is 4.84. The van der Waals surface area contributed by atoms with Gasteiger partial charge in [0.25, 0.3) is 0 Å². The highest BCUT2D eigenvalue weighted by Gasteiger charge is 2.19. The molecule has 1 heterocycles. The maximum absolute atomic E-state index is 6.03. The van der Waals surface area contributed by atoms with E-state index in [-0.39, 0.29) is 6.04 Å². The van der Waals surface area contributed by atoms with Crippen LogP contribution in [0.1, 0.15) is 29.9 Å². The molecule has 1 unspecified atom stereocenters. The van der Waals surface area contributed by atoms with Gasteiger partial charge in [0.15, 0.2) is 0 Å². The summed E-state index contributed by atoms with van der Waals surface area (Å²) >= 11 is 0. The molecule has 0 aliphatic carbocycles. The highest BCUT2D eigenvalue weighted by Crippen LogP contribution is 2.23. The van der Waals surface area contributed by atoms with Crippen LogP contribution in [0.25, 0.3) is 0 Å². The SMILES string of the molecule is CCc1ccccc1C(CN)N(C)Cc1nccn1C.